The summed E-state index contributed by atoms with van der Waals surface area (Å²) in [4.78, 5) is 25.3. The normalized spacial score (nSPS) is 20.8. The maximum Gasteiger partial charge on any atom is 0.270 e. The minimum absolute atomic E-state index is 0.0574. The smallest absolute Gasteiger partial charge is 0.270 e. The third-order valence-electron chi connectivity index (χ3n) is 6.04. The van der Waals surface area contributed by atoms with E-state index >= 15 is 0 Å². The zero-order valence-electron chi connectivity index (χ0n) is 18.8. The first-order valence-electron chi connectivity index (χ1n) is 11.3. The van der Waals surface area contributed by atoms with Gasteiger partial charge in [0.25, 0.3) is 5.56 Å². The van der Waals surface area contributed by atoms with Crippen LogP contribution in [0, 0.1) is 0 Å². The molecule has 3 aromatic rings. The number of rotatable bonds is 7. The Bertz CT molecular complexity index is 1210. The molecule has 3 aromatic heterocycles. The molecule has 0 radical (unpaired) electrons. The Balaban J connectivity index is 1.17. The lowest BCUT2D eigenvalue weighted by Crippen LogP contribution is -2.45. The van der Waals surface area contributed by atoms with Crippen molar-refractivity contribution >= 4 is 11.2 Å². The second-order valence-corrected chi connectivity index (χ2v) is 8.32. The van der Waals surface area contributed by atoms with E-state index in [2.05, 4.69) is 20.3 Å². The van der Waals surface area contributed by atoms with Crippen molar-refractivity contribution in [1.29, 1.82) is 0 Å². The largest absolute Gasteiger partial charge is 0.486 e. The number of ether oxygens (including phenoxy) is 4. The van der Waals surface area contributed by atoms with Gasteiger partial charge >= 0.3 is 0 Å². The Morgan fingerprint density at radius 1 is 1.21 bits per heavy atom. The van der Waals surface area contributed by atoms with E-state index in [1.54, 1.807) is 18.3 Å². The maximum absolute atomic E-state index is 12.4. The zero-order valence-corrected chi connectivity index (χ0v) is 18.8. The van der Waals surface area contributed by atoms with E-state index in [-0.39, 0.29) is 24.2 Å². The van der Waals surface area contributed by atoms with E-state index < -0.39 is 6.10 Å². The molecular weight excluding hydrogens is 442 g/mol. The van der Waals surface area contributed by atoms with Gasteiger partial charge in [0.2, 0.25) is 5.88 Å². The molecule has 0 aliphatic carbocycles. The van der Waals surface area contributed by atoms with Crippen LogP contribution >= 0.6 is 0 Å². The molecule has 0 aromatic carbocycles. The molecule has 11 nitrogen and oxygen atoms in total. The fourth-order valence-electron chi connectivity index (χ4n) is 4.19. The molecule has 0 bridgehead atoms. The van der Waals surface area contributed by atoms with Gasteiger partial charge in [0.05, 0.1) is 50.6 Å². The molecule has 11 heteroatoms. The summed E-state index contributed by atoms with van der Waals surface area (Å²) in [6.07, 6.45) is 3.15. The molecule has 2 N–H and O–H groups in total. The van der Waals surface area contributed by atoms with E-state index in [1.165, 1.54) is 17.9 Å². The van der Waals surface area contributed by atoms with Crippen molar-refractivity contribution in [3.05, 3.63) is 46.6 Å². The van der Waals surface area contributed by atoms with E-state index in [0.717, 1.165) is 12.1 Å². The standard InChI is InChI=1S/C23H27N5O6/c1-31-21-5-3-16-23(27-21)28(22(30)11-26-16)12-17(29)18-4-2-14(13-34-18)24-9-15-8-19-20(10-25-15)33-7-6-32-19/h3,5,8,10-11,14,17-18,24,29H,2,4,6-7,9,12-13H2,1H3/t14?,17-,18-/m0/s1. The van der Waals surface area contributed by atoms with Crippen LogP contribution in [-0.4, -0.2) is 69.8 Å². The Morgan fingerprint density at radius 2 is 2.06 bits per heavy atom. The number of aliphatic hydroxyl groups excluding tert-OH is 1. The number of nitrogens with one attached hydrogen (secondary N) is 1. The topological polar surface area (TPSA) is 130 Å². The molecule has 1 unspecified atom stereocenters. The second kappa shape index (κ2) is 9.92. The van der Waals surface area contributed by atoms with Gasteiger partial charge < -0.3 is 29.4 Å². The van der Waals surface area contributed by atoms with Gasteiger partial charge in [-0.25, -0.2) is 4.98 Å². The minimum atomic E-state index is -0.864. The highest BCUT2D eigenvalue weighted by Gasteiger charge is 2.28. The summed E-state index contributed by atoms with van der Waals surface area (Å²) in [5, 5.41) is 14.3. The van der Waals surface area contributed by atoms with Crippen LogP contribution in [0.3, 0.4) is 0 Å². The van der Waals surface area contributed by atoms with Crippen LogP contribution in [0.2, 0.25) is 0 Å². The summed E-state index contributed by atoms with van der Waals surface area (Å²) in [5.74, 6) is 1.76. The summed E-state index contributed by atoms with van der Waals surface area (Å²) < 4.78 is 23.6. The number of hydrogen-bond donors (Lipinski definition) is 2. The molecule has 1 saturated heterocycles. The van der Waals surface area contributed by atoms with Gasteiger partial charge in [0, 0.05) is 24.7 Å². The van der Waals surface area contributed by atoms with E-state index in [1.807, 2.05) is 6.07 Å². The van der Waals surface area contributed by atoms with Gasteiger partial charge in [-0.1, -0.05) is 0 Å². The van der Waals surface area contributed by atoms with Crippen LogP contribution in [0.5, 0.6) is 17.4 Å². The van der Waals surface area contributed by atoms with Gasteiger partial charge in [-0.2, -0.15) is 4.98 Å². The number of pyridine rings is 2. The number of nitrogens with zero attached hydrogens (tertiary/aromatic N) is 4. The second-order valence-electron chi connectivity index (χ2n) is 8.32. The summed E-state index contributed by atoms with van der Waals surface area (Å²) >= 11 is 0. The van der Waals surface area contributed by atoms with Crippen molar-refractivity contribution in [2.45, 2.75) is 44.2 Å². The van der Waals surface area contributed by atoms with Gasteiger partial charge in [-0.3, -0.25) is 14.3 Å². The monoisotopic (exact) mass is 469 g/mol. The molecule has 0 amide bonds. The molecular formula is C23H27N5O6. The number of methoxy groups -OCH3 is 1. The molecule has 34 heavy (non-hydrogen) atoms. The molecule has 5 heterocycles. The van der Waals surface area contributed by atoms with E-state index in [0.29, 0.717) is 61.3 Å². The average molecular weight is 469 g/mol. The Kier molecular flexibility index (Phi) is 6.57. The third-order valence-corrected chi connectivity index (χ3v) is 6.04. The highest BCUT2D eigenvalue weighted by atomic mass is 16.6. The van der Waals surface area contributed by atoms with Crippen LogP contribution in [-0.2, 0) is 17.8 Å². The van der Waals surface area contributed by atoms with E-state index in [9.17, 15) is 9.90 Å². The lowest BCUT2D eigenvalue weighted by atomic mass is 10.0. The first kappa shape index (κ1) is 22.5. The first-order valence-corrected chi connectivity index (χ1v) is 11.3. The zero-order chi connectivity index (χ0) is 23.5. The molecule has 0 saturated carbocycles. The van der Waals surface area contributed by atoms with Gasteiger partial charge in [-0.05, 0) is 18.9 Å². The predicted octanol–water partition coefficient (Wildman–Crippen LogP) is 0.665. The Morgan fingerprint density at radius 3 is 2.85 bits per heavy atom. The van der Waals surface area contributed by atoms with Gasteiger partial charge in [0.1, 0.15) is 18.7 Å². The maximum atomic E-state index is 12.4. The molecule has 2 aliphatic heterocycles. The number of aromatic nitrogens is 4. The Hall–Kier alpha value is -3.28. The highest BCUT2D eigenvalue weighted by molar-refractivity contribution is 5.70. The third kappa shape index (κ3) is 4.81. The molecule has 2 aliphatic rings. The van der Waals surface area contributed by atoms with Gasteiger partial charge in [0.15, 0.2) is 17.1 Å². The highest BCUT2D eigenvalue weighted by Crippen LogP contribution is 2.29. The predicted molar refractivity (Wildman–Crippen MR) is 121 cm³/mol. The molecule has 1 fully saturated rings. The average Bonchev–Trinajstić information content (AvgIpc) is 2.89. The van der Waals surface area contributed by atoms with Crippen molar-refractivity contribution in [2.24, 2.45) is 0 Å². The quantitative estimate of drug-likeness (QED) is 0.509. The van der Waals surface area contributed by atoms with Crippen LogP contribution in [0.15, 0.2) is 35.4 Å². The summed E-state index contributed by atoms with van der Waals surface area (Å²) in [5.41, 5.74) is 1.44. The van der Waals surface area contributed by atoms with Crippen molar-refractivity contribution < 1.29 is 24.1 Å². The fourth-order valence-corrected chi connectivity index (χ4v) is 4.19. The van der Waals surface area contributed by atoms with Crippen molar-refractivity contribution in [3.8, 4) is 17.4 Å². The summed E-state index contributed by atoms with van der Waals surface area (Å²) in [6, 6.07) is 5.43. The number of hydrogen-bond acceptors (Lipinski definition) is 10. The molecule has 3 atom stereocenters. The Labute approximate surface area is 195 Å². The SMILES string of the molecule is COc1ccc2ncc(=O)n(C[C@H](O)[C@@H]3CCC(NCc4cc5c(cn4)OCCO5)CO3)c2n1. The van der Waals surface area contributed by atoms with Crippen LogP contribution in [0.25, 0.3) is 11.2 Å². The molecule has 5 rings (SSSR count). The van der Waals surface area contributed by atoms with Crippen molar-refractivity contribution in [2.75, 3.05) is 26.9 Å². The summed E-state index contributed by atoms with van der Waals surface area (Å²) in [7, 11) is 1.51. The fraction of sp³-hybridized carbons (Fsp3) is 0.478. The van der Waals surface area contributed by atoms with Crippen molar-refractivity contribution in [3.63, 3.8) is 0 Å². The molecule has 180 valence electrons. The minimum Gasteiger partial charge on any atom is -0.486 e. The van der Waals surface area contributed by atoms with Crippen molar-refractivity contribution in [1.82, 2.24) is 24.8 Å². The first-order chi connectivity index (χ1) is 16.6. The van der Waals surface area contributed by atoms with E-state index in [4.69, 9.17) is 18.9 Å². The van der Waals surface area contributed by atoms with Crippen LogP contribution in [0.4, 0.5) is 0 Å². The van der Waals surface area contributed by atoms with Gasteiger partial charge in [-0.15, -0.1) is 0 Å². The number of aliphatic hydroxyl groups is 1. The number of fused-ring (bicyclic) bond motifs is 2. The van der Waals surface area contributed by atoms with Crippen LogP contribution in [0.1, 0.15) is 18.5 Å². The lowest BCUT2D eigenvalue weighted by molar-refractivity contribution is -0.0771. The molecule has 0 spiro atoms. The lowest BCUT2D eigenvalue weighted by Gasteiger charge is -2.32. The van der Waals surface area contributed by atoms with Crippen LogP contribution < -0.4 is 25.1 Å². The summed E-state index contributed by atoms with van der Waals surface area (Å²) in [6.45, 7) is 2.15.